The summed E-state index contributed by atoms with van der Waals surface area (Å²) in [7, 11) is 0. The maximum Gasteiger partial charge on any atom is 0.266 e. The molecule has 4 N–H and O–H groups in total. The molecular weight excluding hydrogens is 534 g/mol. The SMILES string of the molecule is Cc1ccc(NC(=O)c2sc3ncn(C(C)C(=O)Nc4sc5c(c4C(N)=O)CCCC5)c(=O)c3c2C)c(C)c1. The second-order valence-electron chi connectivity index (χ2n) is 9.91. The number of nitrogens with zero attached hydrogens (tertiary/aromatic N) is 2. The highest BCUT2D eigenvalue weighted by molar-refractivity contribution is 7.20. The standard InChI is InChI=1S/C28H29N5O4S2/c1-13-9-10-18(14(2)11-13)31-25(36)22-15(3)20-26(39-22)30-12-33(28(20)37)16(4)24(35)32-27-21(23(29)34)17-7-5-6-8-19(17)38-27/h9-12,16H,5-8H2,1-4H3,(H2,29,34)(H,31,36)(H,32,35). The lowest BCUT2D eigenvalue weighted by molar-refractivity contribution is -0.118. The maximum absolute atomic E-state index is 13.5. The molecule has 11 heteroatoms. The number of carbonyl (C=O) groups excluding carboxylic acids is 3. The lowest BCUT2D eigenvalue weighted by Gasteiger charge is -2.15. The number of aryl methyl sites for hydroxylation is 4. The Morgan fingerprint density at radius 2 is 1.82 bits per heavy atom. The number of benzene rings is 1. The van der Waals surface area contributed by atoms with Crippen LogP contribution >= 0.6 is 22.7 Å². The highest BCUT2D eigenvalue weighted by Gasteiger charge is 2.28. The predicted octanol–water partition coefficient (Wildman–Crippen LogP) is 4.87. The van der Waals surface area contributed by atoms with Crippen LogP contribution in [0.25, 0.3) is 10.2 Å². The molecule has 0 radical (unpaired) electrons. The minimum atomic E-state index is -0.916. The van der Waals surface area contributed by atoms with E-state index in [4.69, 9.17) is 5.73 Å². The molecule has 1 aliphatic rings. The van der Waals surface area contributed by atoms with Gasteiger partial charge in [0, 0.05) is 10.6 Å². The third-order valence-corrected chi connectivity index (χ3v) is 9.57. The number of primary amides is 1. The molecule has 0 bridgehead atoms. The van der Waals surface area contributed by atoms with Gasteiger partial charge in [-0.3, -0.25) is 23.7 Å². The third kappa shape index (κ3) is 4.87. The first-order valence-corrected chi connectivity index (χ1v) is 14.3. The zero-order chi connectivity index (χ0) is 28.0. The number of aromatic nitrogens is 2. The van der Waals surface area contributed by atoms with E-state index in [0.29, 0.717) is 36.9 Å². The van der Waals surface area contributed by atoms with Crippen LogP contribution in [0.5, 0.6) is 0 Å². The Morgan fingerprint density at radius 3 is 2.54 bits per heavy atom. The summed E-state index contributed by atoms with van der Waals surface area (Å²) in [6.45, 7) is 7.21. The van der Waals surface area contributed by atoms with Gasteiger partial charge < -0.3 is 16.4 Å². The molecule has 1 unspecified atom stereocenters. The van der Waals surface area contributed by atoms with Crippen molar-refractivity contribution in [1.29, 1.82) is 0 Å². The molecule has 3 heterocycles. The summed E-state index contributed by atoms with van der Waals surface area (Å²) in [4.78, 5) is 58.4. The number of hydrogen-bond donors (Lipinski definition) is 3. The second kappa shape index (κ2) is 10.4. The number of nitrogens with two attached hydrogens (primary N) is 1. The van der Waals surface area contributed by atoms with Crippen molar-refractivity contribution >= 4 is 61.3 Å². The van der Waals surface area contributed by atoms with Gasteiger partial charge in [-0.15, -0.1) is 22.7 Å². The van der Waals surface area contributed by atoms with Gasteiger partial charge in [-0.25, -0.2) is 4.98 Å². The monoisotopic (exact) mass is 563 g/mol. The second-order valence-corrected chi connectivity index (χ2v) is 12.0. The first kappa shape index (κ1) is 26.8. The Hall–Kier alpha value is -3.83. The molecule has 9 nitrogen and oxygen atoms in total. The topological polar surface area (TPSA) is 136 Å². The number of nitrogens with one attached hydrogen (secondary N) is 2. The van der Waals surface area contributed by atoms with E-state index in [9.17, 15) is 19.2 Å². The molecule has 0 saturated carbocycles. The van der Waals surface area contributed by atoms with E-state index in [0.717, 1.165) is 58.6 Å². The first-order valence-electron chi connectivity index (χ1n) is 12.7. The van der Waals surface area contributed by atoms with E-state index >= 15 is 0 Å². The minimum absolute atomic E-state index is 0.303. The van der Waals surface area contributed by atoms with E-state index in [1.54, 1.807) is 13.8 Å². The van der Waals surface area contributed by atoms with Crippen LogP contribution in [0.15, 0.2) is 29.3 Å². The fraction of sp³-hybridized carbons (Fsp3) is 0.321. The van der Waals surface area contributed by atoms with E-state index in [-0.39, 0.29) is 5.91 Å². The third-order valence-electron chi connectivity index (χ3n) is 7.16. The molecule has 0 aliphatic heterocycles. The molecule has 4 aromatic rings. The molecule has 0 fully saturated rings. The van der Waals surface area contributed by atoms with Crippen LogP contribution in [0.2, 0.25) is 0 Å². The van der Waals surface area contributed by atoms with Crippen molar-refractivity contribution in [3.8, 4) is 0 Å². The van der Waals surface area contributed by atoms with Crippen molar-refractivity contribution in [3.05, 3.63) is 72.5 Å². The van der Waals surface area contributed by atoms with Gasteiger partial charge in [0.2, 0.25) is 5.91 Å². The molecule has 1 aromatic carbocycles. The first-order chi connectivity index (χ1) is 18.6. The number of fused-ring (bicyclic) bond motifs is 2. The van der Waals surface area contributed by atoms with Crippen molar-refractivity contribution in [2.45, 2.75) is 59.4 Å². The lowest BCUT2D eigenvalue weighted by Crippen LogP contribution is -2.32. The van der Waals surface area contributed by atoms with Crippen molar-refractivity contribution < 1.29 is 14.4 Å². The Morgan fingerprint density at radius 1 is 1.08 bits per heavy atom. The van der Waals surface area contributed by atoms with Crippen LogP contribution in [0.1, 0.15) is 73.0 Å². The fourth-order valence-electron chi connectivity index (χ4n) is 5.02. The number of amides is 3. The van der Waals surface area contributed by atoms with Gasteiger partial charge in [0.05, 0.1) is 22.2 Å². The van der Waals surface area contributed by atoms with Crippen molar-refractivity contribution in [2.24, 2.45) is 5.73 Å². The maximum atomic E-state index is 13.5. The zero-order valence-electron chi connectivity index (χ0n) is 22.1. The minimum Gasteiger partial charge on any atom is -0.365 e. The number of carbonyl (C=O) groups is 3. The van der Waals surface area contributed by atoms with Gasteiger partial charge in [0.1, 0.15) is 15.9 Å². The van der Waals surface area contributed by atoms with Gasteiger partial charge in [0.15, 0.2) is 0 Å². The summed E-state index contributed by atoms with van der Waals surface area (Å²) in [5, 5.41) is 6.48. The van der Waals surface area contributed by atoms with Crippen LogP contribution in [-0.2, 0) is 17.6 Å². The summed E-state index contributed by atoms with van der Waals surface area (Å²) in [6, 6.07) is 4.84. The Bertz CT molecular complexity index is 1710. The highest BCUT2D eigenvalue weighted by atomic mass is 32.1. The zero-order valence-corrected chi connectivity index (χ0v) is 23.8. The van der Waals surface area contributed by atoms with Crippen LogP contribution in [0, 0.1) is 20.8 Å². The van der Waals surface area contributed by atoms with Crippen molar-refractivity contribution in [3.63, 3.8) is 0 Å². The summed E-state index contributed by atoms with van der Waals surface area (Å²) < 4.78 is 1.25. The number of hydrogen-bond acceptors (Lipinski definition) is 7. The Balaban J connectivity index is 1.43. The molecular formula is C28H29N5O4S2. The average Bonchev–Trinajstić information content (AvgIpc) is 3.43. The fourth-order valence-corrected chi connectivity index (χ4v) is 7.35. The summed E-state index contributed by atoms with van der Waals surface area (Å²) >= 11 is 2.51. The summed E-state index contributed by atoms with van der Waals surface area (Å²) in [5.74, 6) is -1.35. The van der Waals surface area contributed by atoms with Crippen LogP contribution in [0.4, 0.5) is 10.7 Å². The smallest absolute Gasteiger partial charge is 0.266 e. The normalized spacial score (nSPS) is 13.6. The van der Waals surface area contributed by atoms with E-state index in [2.05, 4.69) is 15.6 Å². The predicted molar refractivity (Wildman–Crippen MR) is 155 cm³/mol. The lowest BCUT2D eigenvalue weighted by atomic mass is 9.95. The molecule has 0 spiro atoms. The highest BCUT2D eigenvalue weighted by Crippen LogP contribution is 2.38. The quantitative estimate of drug-likeness (QED) is 0.307. The van der Waals surface area contributed by atoms with E-state index in [1.807, 2.05) is 32.0 Å². The van der Waals surface area contributed by atoms with Gasteiger partial charge >= 0.3 is 0 Å². The molecule has 1 atom stereocenters. The molecule has 202 valence electrons. The number of rotatable bonds is 6. The van der Waals surface area contributed by atoms with Gasteiger partial charge in [0.25, 0.3) is 17.4 Å². The van der Waals surface area contributed by atoms with Crippen molar-refractivity contribution in [2.75, 3.05) is 10.6 Å². The number of anilines is 2. The van der Waals surface area contributed by atoms with Crippen LogP contribution in [0.3, 0.4) is 0 Å². The largest absolute Gasteiger partial charge is 0.365 e. The van der Waals surface area contributed by atoms with Crippen molar-refractivity contribution in [1.82, 2.24) is 9.55 Å². The van der Waals surface area contributed by atoms with E-state index < -0.39 is 23.4 Å². The number of thiophene rings is 2. The molecule has 3 amide bonds. The molecule has 5 rings (SSSR count). The molecule has 3 aromatic heterocycles. The van der Waals surface area contributed by atoms with Gasteiger partial charge in [-0.2, -0.15) is 0 Å². The molecule has 39 heavy (non-hydrogen) atoms. The Kier molecular flexibility index (Phi) is 7.13. The molecule has 1 aliphatic carbocycles. The average molecular weight is 564 g/mol. The summed E-state index contributed by atoms with van der Waals surface area (Å²) in [6.07, 6.45) is 4.93. The van der Waals surface area contributed by atoms with Crippen LogP contribution in [-0.4, -0.2) is 27.3 Å². The van der Waals surface area contributed by atoms with Crippen LogP contribution < -0.4 is 21.9 Å². The van der Waals surface area contributed by atoms with Gasteiger partial charge in [-0.05, 0) is 76.1 Å². The summed E-state index contributed by atoms with van der Waals surface area (Å²) in [5.41, 5.74) is 9.77. The van der Waals surface area contributed by atoms with Gasteiger partial charge in [-0.1, -0.05) is 17.7 Å². The Labute approximate surface area is 233 Å². The molecule has 0 saturated heterocycles. The van der Waals surface area contributed by atoms with E-state index in [1.165, 1.54) is 22.2 Å².